The lowest BCUT2D eigenvalue weighted by Gasteiger charge is -1.98. The topological polar surface area (TPSA) is 75.2 Å². The molecule has 1 heterocycles. The number of hydrogen-bond donors (Lipinski definition) is 2. The number of carbonyl (C=O) groups excluding carboxylic acids is 1. The van der Waals surface area contributed by atoms with Crippen molar-refractivity contribution in [3.05, 3.63) is 17.5 Å². The van der Waals surface area contributed by atoms with Crippen LogP contribution in [0.5, 0.6) is 0 Å². The predicted molar refractivity (Wildman–Crippen MR) is 40.2 cm³/mol. The molecular weight excluding hydrogens is 160 g/mol. The number of nitrogens with zero attached hydrogens (tertiary/aromatic N) is 1. The summed E-state index contributed by atoms with van der Waals surface area (Å²) in [5.41, 5.74) is 1.55. The molecule has 66 valence electrons. The molecule has 0 spiro atoms. The van der Waals surface area contributed by atoms with Crippen molar-refractivity contribution in [2.24, 2.45) is 0 Å². The minimum Gasteiger partial charge on any atom is -0.467 e. The van der Waals surface area contributed by atoms with E-state index in [4.69, 9.17) is 5.11 Å². The number of aliphatic hydroxyl groups is 1. The lowest BCUT2D eigenvalue weighted by molar-refractivity contribution is -0.128. The van der Waals surface area contributed by atoms with Gasteiger partial charge in [0.05, 0.1) is 19.4 Å². The van der Waals surface area contributed by atoms with E-state index in [9.17, 15) is 4.79 Å². The maximum Gasteiger partial charge on any atom is 0.293 e. The Labute approximate surface area is 69.4 Å². The monoisotopic (exact) mass is 170 g/mol. The van der Waals surface area contributed by atoms with Gasteiger partial charge in [0.1, 0.15) is 0 Å². The molecule has 0 saturated heterocycles. The Bertz CT molecular complexity index is 247. The van der Waals surface area contributed by atoms with Crippen LogP contribution in [0.2, 0.25) is 0 Å². The second-order valence-corrected chi connectivity index (χ2v) is 2.25. The van der Waals surface area contributed by atoms with E-state index in [2.05, 4.69) is 14.9 Å². The van der Waals surface area contributed by atoms with Gasteiger partial charge < -0.3 is 9.84 Å². The summed E-state index contributed by atoms with van der Waals surface area (Å²) >= 11 is 0. The van der Waals surface area contributed by atoms with Gasteiger partial charge in [0.25, 0.3) is 6.47 Å². The highest BCUT2D eigenvalue weighted by Crippen LogP contribution is 2.04. The van der Waals surface area contributed by atoms with Crippen molar-refractivity contribution in [1.29, 1.82) is 0 Å². The Balaban J connectivity index is 2.44. The van der Waals surface area contributed by atoms with Gasteiger partial charge in [-0.2, -0.15) is 5.10 Å². The van der Waals surface area contributed by atoms with Gasteiger partial charge in [-0.3, -0.25) is 9.89 Å². The summed E-state index contributed by atoms with van der Waals surface area (Å²) in [7, 11) is 0. The first kappa shape index (κ1) is 8.73. The molecule has 0 aliphatic rings. The van der Waals surface area contributed by atoms with Crippen LogP contribution < -0.4 is 0 Å². The molecule has 0 amide bonds. The first-order chi connectivity index (χ1) is 5.88. The molecule has 1 aromatic heterocycles. The van der Waals surface area contributed by atoms with Gasteiger partial charge >= 0.3 is 0 Å². The minimum absolute atomic E-state index is 0.0487. The fourth-order valence-electron chi connectivity index (χ4n) is 0.900. The van der Waals surface area contributed by atoms with Crippen LogP contribution in [-0.2, 0) is 22.6 Å². The summed E-state index contributed by atoms with van der Waals surface area (Å²) in [6.45, 7) is 0.653. The lowest BCUT2D eigenvalue weighted by atomic mass is 10.2. The van der Waals surface area contributed by atoms with Crippen LogP contribution in [0.3, 0.4) is 0 Å². The molecule has 12 heavy (non-hydrogen) atoms. The standard InChI is InChI=1S/C7H10N2O3/c10-4-6-3-8-9-7(6)1-2-12-5-11/h3,5,10H,1-2,4H2,(H,8,9). The Morgan fingerprint density at radius 3 is 3.25 bits per heavy atom. The van der Waals surface area contributed by atoms with E-state index >= 15 is 0 Å². The second-order valence-electron chi connectivity index (χ2n) is 2.25. The van der Waals surface area contributed by atoms with Crippen LogP contribution >= 0.6 is 0 Å². The van der Waals surface area contributed by atoms with Gasteiger partial charge in [-0.1, -0.05) is 0 Å². The maximum absolute atomic E-state index is 9.79. The van der Waals surface area contributed by atoms with Crippen molar-refractivity contribution in [3.63, 3.8) is 0 Å². The van der Waals surface area contributed by atoms with Crippen molar-refractivity contribution in [2.45, 2.75) is 13.0 Å². The Kier molecular flexibility index (Phi) is 3.28. The molecule has 0 radical (unpaired) electrons. The maximum atomic E-state index is 9.79. The SMILES string of the molecule is O=COCCc1[nH]ncc1CO. The Morgan fingerprint density at radius 2 is 2.58 bits per heavy atom. The molecule has 2 N–H and O–H groups in total. The number of rotatable bonds is 5. The number of ether oxygens (including phenoxy) is 1. The van der Waals surface area contributed by atoms with Crippen LogP contribution in [0.15, 0.2) is 6.20 Å². The second kappa shape index (κ2) is 4.50. The third-order valence-electron chi connectivity index (χ3n) is 1.52. The van der Waals surface area contributed by atoms with Gasteiger partial charge in [0, 0.05) is 17.7 Å². The Hall–Kier alpha value is -1.36. The summed E-state index contributed by atoms with van der Waals surface area (Å²) in [4.78, 5) is 9.79. The summed E-state index contributed by atoms with van der Waals surface area (Å²) in [6.07, 6.45) is 2.10. The quantitative estimate of drug-likeness (QED) is 0.466. The molecule has 0 aromatic carbocycles. The molecule has 5 heteroatoms. The lowest BCUT2D eigenvalue weighted by Crippen LogP contribution is -1.99. The fourth-order valence-corrected chi connectivity index (χ4v) is 0.900. The zero-order chi connectivity index (χ0) is 8.81. The normalized spacial score (nSPS) is 9.75. The van der Waals surface area contributed by atoms with Crippen molar-refractivity contribution < 1.29 is 14.6 Å². The van der Waals surface area contributed by atoms with Crippen LogP contribution in [0.4, 0.5) is 0 Å². The van der Waals surface area contributed by atoms with Crippen LogP contribution in [0.1, 0.15) is 11.3 Å². The van der Waals surface area contributed by atoms with E-state index in [1.54, 1.807) is 6.20 Å². The molecule has 0 fully saturated rings. The summed E-state index contributed by atoms with van der Waals surface area (Å²) in [5, 5.41) is 15.2. The third kappa shape index (κ3) is 2.06. The van der Waals surface area contributed by atoms with E-state index in [0.717, 1.165) is 11.3 Å². The molecule has 5 nitrogen and oxygen atoms in total. The van der Waals surface area contributed by atoms with Crippen LogP contribution in [0.25, 0.3) is 0 Å². The number of nitrogens with one attached hydrogen (secondary N) is 1. The molecule has 0 unspecified atom stereocenters. The number of H-pyrrole nitrogens is 1. The first-order valence-electron chi connectivity index (χ1n) is 3.55. The van der Waals surface area contributed by atoms with Crippen LogP contribution in [0, 0.1) is 0 Å². The van der Waals surface area contributed by atoms with E-state index in [0.29, 0.717) is 19.5 Å². The van der Waals surface area contributed by atoms with E-state index in [-0.39, 0.29) is 6.61 Å². The molecular formula is C7H10N2O3. The molecule has 0 saturated carbocycles. The van der Waals surface area contributed by atoms with Crippen molar-refractivity contribution in [3.8, 4) is 0 Å². The largest absolute Gasteiger partial charge is 0.467 e. The number of carbonyl (C=O) groups is 1. The number of aliphatic hydroxyl groups excluding tert-OH is 1. The summed E-state index contributed by atoms with van der Waals surface area (Å²) < 4.78 is 4.50. The highest BCUT2D eigenvalue weighted by atomic mass is 16.5. The summed E-state index contributed by atoms with van der Waals surface area (Å²) in [5.74, 6) is 0. The zero-order valence-electron chi connectivity index (χ0n) is 6.49. The number of hydrogen-bond acceptors (Lipinski definition) is 4. The molecule has 1 rings (SSSR count). The third-order valence-corrected chi connectivity index (χ3v) is 1.52. The molecule has 0 atom stereocenters. The van der Waals surface area contributed by atoms with Gasteiger partial charge in [-0.15, -0.1) is 0 Å². The molecule has 0 aliphatic heterocycles. The predicted octanol–water partition coefficient (Wildman–Crippen LogP) is -0.383. The minimum atomic E-state index is -0.0487. The average Bonchev–Trinajstić information content (AvgIpc) is 2.52. The van der Waals surface area contributed by atoms with Gasteiger partial charge in [-0.05, 0) is 0 Å². The fraction of sp³-hybridized carbons (Fsp3) is 0.429. The van der Waals surface area contributed by atoms with Crippen molar-refractivity contribution in [2.75, 3.05) is 6.61 Å². The van der Waals surface area contributed by atoms with Gasteiger partial charge in [0.15, 0.2) is 0 Å². The smallest absolute Gasteiger partial charge is 0.293 e. The molecule has 0 aliphatic carbocycles. The molecule has 1 aromatic rings. The highest BCUT2D eigenvalue weighted by Gasteiger charge is 2.02. The average molecular weight is 170 g/mol. The van der Waals surface area contributed by atoms with E-state index in [1.807, 2.05) is 0 Å². The van der Waals surface area contributed by atoms with E-state index < -0.39 is 0 Å². The van der Waals surface area contributed by atoms with Gasteiger partial charge in [0.2, 0.25) is 0 Å². The van der Waals surface area contributed by atoms with Crippen LogP contribution in [-0.4, -0.2) is 28.4 Å². The van der Waals surface area contributed by atoms with Gasteiger partial charge in [-0.25, -0.2) is 0 Å². The number of aromatic nitrogens is 2. The van der Waals surface area contributed by atoms with E-state index in [1.165, 1.54) is 0 Å². The first-order valence-corrected chi connectivity index (χ1v) is 3.55. The summed E-state index contributed by atoms with van der Waals surface area (Å²) in [6, 6.07) is 0. The number of aromatic amines is 1. The van der Waals surface area contributed by atoms with Crippen molar-refractivity contribution >= 4 is 6.47 Å². The molecule has 0 bridgehead atoms. The highest BCUT2D eigenvalue weighted by molar-refractivity contribution is 5.36. The zero-order valence-corrected chi connectivity index (χ0v) is 6.49. The van der Waals surface area contributed by atoms with Crippen molar-refractivity contribution in [1.82, 2.24) is 10.2 Å². The Morgan fingerprint density at radius 1 is 1.75 bits per heavy atom.